The zero-order chi connectivity index (χ0) is 20.4. The third-order valence-corrected chi connectivity index (χ3v) is 5.61. The van der Waals surface area contributed by atoms with E-state index in [0.29, 0.717) is 29.1 Å². The molecule has 1 atom stereocenters. The lowest BCUT2D eigenvalue weighted by Crippen LogP contribution is -2.47. The molecule has 29 heavy (non-hydrogen) atoms. The number of amides is 2. The Kier molecular flexibility index (Phi) is 5.36. The Bertz CT molecular complexity index is 1070. The number of benzene rings is 3. The van der Waals surface area contributed by atoms with Crippen LogP contribution in [0.25, 0.3) is 10.8 Å². The first-order chi connectivity index (χ1) is 14.1. The fourth-order valence-electron chi connectivity index (χ4n) is 3.53. The average molecular weight is 405 g/mol. The van der Waals surface area contributed by atoms with E-state index in [1.165, 1.54) is 0 Å². The molecule has 3 aromatic carbocycles. The van der Waals surface area contributed by atoms with Gasteiger partial charge >= 0.3 is 5.97 Å². The SMILES string of the molecule is CSCCC(C(=O)Oc1cccc2ccccc12)N1C(=O)c2ccccc2C1=O. The van der Waals surface area contributed by atoms with Gasteiger partial charge in [-0.1, -0.05) is 48.5 Å². The molecule has 2 amide bonds. The van der Waals surface area contributed by atoms with Gasteiger partial charge in [-0.3, -0.25) is 14.5 Å². The summed E-state index contributed by atoms with van der Waals surface area (Å²) < 4.78 is 5.70. The van der Waals surface area contributed by atoms with Crippen molar-refractivity contribution in [1.29, 1.82) is 0 Å². The highest BCUT2D eigenvalue weighted by Gasteiger charge is 2.43. The van der Waals surface area contributed by atoms with E-state index in [-0.39, 0.29) is 0 Å². The minimum absolute atomic E-state index is 0.324. The van der Waals surface area contributed by atoms with Crippen molar-refractivity contribution in [2.75, 3.05) is 12.0 Å². The molecule has 1 heterocycles. The standard InChI is InChI=1S/C23H19NO4S/c1-29-14-13-19(24-21(25)17-10-4-5-11-18(17)22(24)26)23(27)28-20-12-6-8-15-7-2-3-9-16(15)20/h2-12,19H,13-14H2,1H3. The van der Waals surface area contributed by atoms with Crippen LogP contribution in [0, 0.1) is 0 Å². The molecule has 0 N–H and O–H groups in total. The predicted molar refractivity (Wildman–Crippen MR) is 113 cm³/mol. The molecule has 1 aliphatic rings. The largest absolute Gasteiger partial charge is 0.424 e. The second-order valence-electron chi connectivity index (χ2n) is 6.72. The van der Waals surface area contributed by atoms with Crippen molar-refractivity contribution in [3.8, 4) is 5.75 Å². The molecule has 0 spiro atoms. The van der Waals surface area contributed by atoms with E-state index < -0.39 is 23.8 Å². The van der Waals surface area contributed by atoms with Gasteiger partial charge in [-0.15, -0.1) is 0 Å². The average Bonchev–Trinajstić information content (AvgIpc) is 3.00. The van der Waals surface area contributed by atoms with E-state index in [2.05, 4.69) is 0 Å². The van der Waals surface area contributed by atoms with Crippen LogP contribution in [0.2, 0.25) is 0 Å². The van der Waals surface area contributed by atoms with Gasteiger partial charge in [0.15, 0.2) is 0 Å². The number of nitrogens with zero attached hydrogens (tertiary/aromatic N) is 1. The van der Waals surface area contributed by atoms with Crippen LogP contribution in [0.3, 0.4) is 0 Å². The van der Waals surface area contributed by atoms with Crippen LogP contribution in [-0.4, -0.2) is 40.7 Å². The van der Waals surface area contributed by atoms with Gasteiger partial charge in [-0.05, 0) is 42.0 Å². The van der Waals surface area contributed by atoms with Crippen LogP contribution >= 0.6 is 11.8 Å². The van der Waals surface area contributed by atoms with Crippen molar-refractivity contribution in [1.82, 2.24) is 4.90 Å². The van der Waals surface area contributed by atoms with Gasteiger partial charge in [0.05, 0.1) is 11.1 Å². The predicted octanol–water partition coefficient (Wildman–Crippen LogP) is 4.16. The molecule has 1 aliphatic heterocycles. The molecule has 1 unspecified atom stereocenters. The van der Waals surface area contributed by atoms with E-state index in [1.807, 2.05) is 42.7 Å². The Morgan fingerprint density at radius 2 is 1.55 bits per heavy atom. The van der Waals surface area contributed by atoms with Crippen LogP contribution in [0.15, 0.2) is 66.7 Å². The topological polar surface area (TPSA) is 63.7 Å². The molecule has 0 bridgehead atoms. The third kappa shape index (κ3) is 3.51. The molecule has 6 heteroatoms. The fourth-order valence-corrected chi connectivity index (χ4v) is 3.99. The Balaban J connectivity index is 1.66. The number of hydrogen-bond donors (Lipinski definition) is 0. The highest BCUT2D eigenvalue weighted by atomic mass is 32.2. The number of carbonyl (C=O) groups excluding carboxylic acids is 3. The lowest BCUT2D eigenvalue weighted by molar-refractivity contribution is -0.138. The van der Waals surface area contributed by atoms with Crippen molar-refractivity contribution >= 4 is 40.3 Å². The number of rotatable bonds is 6. The summed E-state index contributed by atoms with van der Waals surface area (Å²) >= 11 is 1.54. The lowest BCUT2D eigenvalue weighted by atomic mass is 10.1. The number of ether oxygens (including phenoxy) is 1. The van der Waals surface area contributed by atoms with E-state index >= 15 is 0 Å². The smallest absolute Gasteiger partial charge is 0.334 e. The summed E-state index contributed by atoms with van der Waals surface area (Å²) in [6.07, 6.45) is 2.24. The van der Waals surface area contributed by atoms with Crippen LogP contribution in [0.4, 0.5) is 0 Å². The maximum Gasteiger partial charge on any atom is 0.334 e. The van der Waals surface area contributed by atoms with Crippen LogP contribution < -0.4 is 4.74 Å². The van der Waals surface area contributed by atoms with Gasteiger partial charge in [0.1, 0.15) is 11.8 Å². The molecule has 0 aromatic heterocycles. The van der Waals surface area contributed by atoms with Crippen LogP contribution in [-0.2, 0) is 4.79 Å². The number of carbonyl (C=O) groups is 3. The molecule has 0 saturated carbocycles. The molecular formula is C23H19NO4S. The molecule has 4 rings (SSSR count). The molecule has 0 aliphatic carbocycles. The summed E-state index contributed by atoms with van der Waals surface area (Å²) in [6, 6.07) is 18.7. The summed E-state index contributed by atoms with van der Waals surface area (Å²) in [5.41, 5.74) is 0.647. The van der Waals surface area contributed by atoms with Gasteiger partial charge in [0, 0.05) is 5.39 Å². The Hall–Kier alpha value is -3.12. The monoisotopic (exact) mass is 405 g/mol. The summed E-state index contributed by atoms with van der Waals surface area (Å²) in [6.45, 7) is 0. The Morgan fingerprint density at radius 1 is 0.931 bits per heavy atom. The highest BCUT2D eigenvalue weighted by Crippen LogP contribution is 2.29. The molecule has 0 fully saturated rings. The second kappa shape index (κ2) is 8.09. The minimum atomic E-state index is -0.978. The van der Waals surface area contributed by atoms with Crippen molar-refractivity contribution < 1.29 is 19.1 Å². The van der Waals surface area contributed by atoms with Crippen LogP contribution in [0.5, 0.6) is 5.75 Å². The first kappa shape index (κ1) is 19.2. The fraction of sp³-hybridized carbons (Fsp3) is 0.174. The van der Waals surface area contributed by atoms with E-state index in [0.717, 1.165) is 15.7 Å². The Labute approximate surface area is 172 Å². The van der Waals surface area contributed by atoms with Crippen molar-refractivity contribution in [3.63, 3.8) is 0 Å². The molecular weight excluding hydrogens is 386 g/mol. The lowest BCUT2D eigenvalue weighted by Gasteiger charge is -2.24. The molecule has 146 valence electrons. The summed E-state index contributed by atoms with van der Waals surface area (Å²) in [4.78, 5) is 39.9. The van der Waals surface area contributed by atoms with Crippen LogP contribution in [0.1, 0.15) is 27.1 Å². The molecule has 5 nitrogen and oxygen atoms in total. The van der Waals surface area contributed by atoms with E-state index in [1.54, 1.807) is 42.1 Å². The maximum absolute atomic E-state index is 13.1. The number of fused-ring (bicyclic) bond motifs is 2. The number of hydrogen-bond acceptors (Lipinski definition) is 5. The quantitative estimate of drug-likeness (QED) is 0.350. The zero-order valence-electron chi connectivity index (χ0n) is 15.8. The zero-order valence-corrected chi connectivity index (χ0v) is 16.6. The van der Waals surface area contributed by atoms with Gasteiger partial charge in [-0.2, -0.15) is 11.8 Å². The van der Waals surface area contributed by atoms with Gasteiger partial charge in [0.25, 0.3) is 11.8 Å². The Morgan fingerprint density at radius 3 is 2.24 bits per heavy atom. The first-order valence-corrected chi connectivity index (χ1v) is 10.7. The van der Waals surface area contributed by atoms with Crippen molar-refractivity contribution in [2.24, 2.45) is 0 Å². The van der Waals surface area contributed by atoms with Crippen molar-refractivity contribution in [3.05, 3.63) is 77.9 Å². The number of esters is 1. The summed E-state index contributed by atoms with van der Waals surface area (Å²) in [5.74, 6) is -0.482. The van der Waals surface area contributed by atoms with E-state index in [9.17, 15) is 14.4 Å². The van der Waals surface area contributed by atoms with Gasteiger partial charge in [-0.25, -0.2) is 4.79 Å². The normalized spacial score (nSPS) is 14.2. The molecule has 0 radical (unpaired) electrons. The summed E-state index contributed by atoms with van der Waals surface area (Å²) in [5, 5.41) is 1.74. The third-order valence-electron chi connectivity index (χ3n) is 4.96. The van der Waals surface area contributed by atoms with E-state index in [4.69, 9.17) is 4.74 Å². The number of imide groups is 1. The van der Waals surface area contributed by atoms with Crippen molar-refractivity contribution in [2.45, 2.75) is 12.5 Å². The number of thioether (sulfide) groups is 1. The molecule has 3 aromatic rings. The van der Waals surface area contributed by atoms with Gasteiger partial charge in [0.2, 0.25) is 0 Å². The first-order valence-electron chi connectivity index (χ1n) is 9.27. The maximum atomic E-state index is 13.1. The van der Waals surface area contributed by atoms with Gasteiger partial charge < -0.3 is 4.74 Å². The highest BCUT2D eigenvalue weighted by molar-refractivity contribution is 7.98. The second-order valence-corrected chi connectivity index (χ2v) is 7.71. The molecule has 0 saturated heterocycles. The summed E-state index contributed by atoms with van der Waals surface area (Å²) in [7, 11) is 0. The minimum Gasteiger partial charge on any atom is -0.424 e.